The van der Waals surface area contributed by atoms with Gasteiger partial charge < -0.3 is 5.11 Å². The van der Waals surface area contributed by atoms with Crippen LogP contribution in [0.15, 0.2) is 48.5 Å². The third kappa shape index (κ3) is 2.23. The van der Waals surface area contributed by atoms with Crippen LogP contribution in [0.3, 0.4) is 0 Å². The van der Waals surface area contributed by atoms with Gasteiger partial charge >= 0.3 is 5.97 Å². The Balaban J connectivity index is 2.52. The van der Waals surface area contributed by atoms with E-state index in [4.69, 9.17) is 5.11 Å². The molecule has 84 valence electrons. The number of carboxylic acids is 1. The zero-order valence-corrected chi connectivity index (χ0v) is 8.96. The number of aromatic carboxylic acids is 1. The first-order chi connectivity index (χ1) is 8.22. The summed E-state index contributed by atoms with van der Waals surface area (Å²) in [6.07, 6.45) is 0.757. The zero-order valence-electron chi connectivity index (χ0n) is 8.96. The van der Waals surface area contributed by atoms with Crippen LogP contribution in [0.1, 0.15) is 20.7 Å². The number of carbonyl (C=O) groups is 2. The van der Waals surface area contributed by atoms with E-state index in [9.17, 15) is 9.59 Å². The first-order valence-electron chi connectivity index (χ1n) is 5.10. The molecule has 0 aromatic heterocycles. The molecule has 2 aromatic carbocycles. The minimum Gasteiger partial charge on any atom is -0.478 e. The van der Waals surface area contributed by atoms with Crippen molar-refractivity contribution in [2.45, 2.75) is 0 Å². The molecule has 17 heavy (non-hydrogen) atoms. The molecule has 0 heterocycles. The van der Waals surface area contributed by atoms with Gasteiger partial charge in [0.1, 0.15) is 6.29 Å². The van der Waals surface area contributed by atoms with Gasteiger partial charge in [0.2, 0.25) is 0 Å². The molecule has 3 nitrogen and oxygen atoms in total. The summed E-state index contributed by atoms with van der Waals surface area (Å²) in [5.41, 5.74) is 2.26. The quantitative estimate of drug-likeness (QED) is 0.819. The highest BCUT2D eigenvalue weighted by atomic mass is 16.4. The fraction of sp³-hybridized carbons (Fsp3) is 0. The third-order valence-electron chi connectivity index (χ3n) is 2.52. The Morgan fingerprint density at radius 2 is 1.65 bits per heavy atom. The Labute approximate surface area is 98.3 Å². The van der Waals surface area contributed by atoms with Gasteiger partial charge in [-0.1, -0.05) is 42.5 Å². The molecule has 0 unspecified atom stereocenters. The van der Waals surface area contributed by atoms with Crippen molar-refractivity contribution in [2.24, 2.45) is 0 Å². The maximum absolute atomic E-state index is 11.1. The lowest BCUT2D eigenvalue weighted by Crippen LogP contribution is -1.98. The predicted octanol–water partition coefficient (Wildman–Crippen LogP) is 2.86. The van der Waals surface area contributed by atoms with Gasteiger partial charge in [0.05, 0.1) is 5.56 Å². The SMILES string of the molecule is O=Cc1ccc(-c2ccccc2C(=O)O)cc1. The van der Waals surface area contributed by atoms with Crippen molar-refractivity contribution in [3.05, 3.63) is 59.7 Å². The number of hydrogen-bond acceptors (Lipinski definition) is 2. The monoisotopic (exact) mass is 226 g/mol. The van der Waals surface area contributed by atoms with Gasteiger partial charge in [0.25, 0.3) is 0 Å². The van der Waals surface area contributed by atoms with E-state index in [1.54, 1.807) is 48.5 Å². The normalized spacial score (nSPS) is 9.88. The molecule has 0 fully saturated rings. The van der Waals surface area contributed by atoms with Crippen molar-refractivity contribution in [2.75, 3.05) is 0 Å². The number of carboxylic acid groups (broad SMARTS) is 1. The van der Waals surface area contributed by atoms with Crippen molar-refractivity contribution < 1.29 is 14.7 Å². The Morgan fingerprint density at radius 3 is 2.24 bits per heavy atom. The summed E-state index contributed by atoms with van der Waals surface area (Å²) >= 11 is 0. The highest BCUT2D eigenvalue weighted by Crippen LogP contribution is 2.23. The van der Waals surface area contributed by atoms with Crippen LogP contribution >= 0.6 is 0 Å². The lowest BCUT2D eigenvalue weighted by Gasteiger charge is -2.05. The van der Waals surface area contributed by atoms with Crippen molar-refractivity contribution in [1.82, 2.24) is 0 Å². The Morgan fingerprint density at radius 1 is 1.00 bits per heavy atom. The van der Waals surface area contributed by atoms with Gasteiger partial charge in [-0.15, -0.1) is 0 Å². The largest absolute Gasteiger partial charge is 0.478 e. The van der Waals surface area contributed by atoms with E-state index in [1.807, 2.05) is 0 Å². The van der Waals surface area contributed by atoms with E-state index >= 15 is 0 Å². The van der Waals surface area contributed by atoms with E-state index in [1.165, 1.54) is 0 Å². The number of benzene rings is 2. The summed E-state index contributed by atoms with van der Waals surface area (Å²) in [5.74, 6) is -0.958. The van der Waals surface area contributed by atoms with Crippen molar-refractivity contribution in [3.8, 4) is 11.1 Å². The molecule has 1 N–H and O–H groups in total. The second-order valence-electron chi connectivity index (χ2n) is 3.59. The van der Waals surface area contributed by atoms with Crippen LogP contribution in [0.5, 0.6) is 0 Å². The van der Waals surface area contributed by atoms with Gasteiger partial charge in [-0.2, -0.15) is 0 Å². The van der Waals surface area contributed by atoms with Gasteiger partial charge in [0.15, 0.2) is 0 Å². The van der Waals surface area contributed by atoms with Crippen molar-refractivity contribution >= 4 is 12.3 Å². The molecular formula is C14H10O3. The first-order valence-corrected chi connectivity index (χ1v) is 5.10. The van der Waals surface area contributed by atoms with Gasteiger partial charge in [-0.25, -0.2) is 4.79 Å². The van der Waals surface area contributed by atoms with E-state index in [2.05, 4.69) is 0 Å². The molecule has 0 radical (unpaired) electrons. The number of rotatable bonds is 3. The van der Waals surface area contributed by atoms with Crippen molar-refractivity contribution in [3.63, 3.8) is 0 Å². The van der Waals surface area contributed by atoms with E-state index in [-0.39, 0.29) is 5.56 Å². The molecule has 0 aliphatic rings. The predicted molar refractivity (Wildman–Crippen MR) is 64.2 cm³/mol. The molecule has 2 rings (SSSR count). The fourth-order valence-corrected chi connectivity index (χ4v) is 1.66. The molecule has 0 aliphatic heterocycles. The smallest absolute Gasteiger partial charge is 0.336 e. The minimum absolute atomic E-state index is 0.256. The standard InChI is InChI=1S/C14H10O3/c15-9-10-5-7-11(8-6-10)12-3-1-2-4-13(12)14(16)17/h1-9H,(H,16,17). The second kappa shape index (κ2) is 4.61. The summed E-state index contributed by atoms with van der Waals surface area (Å²) in [4.78, 5) is 21.6. The van der Waals surface area contributed by atoms with Crippen LogP contribution in [-0.4, -0.2) is 17.4 Å². The summed E-state index contributed by atoms with van der Waals surface area (Å²) in [6.45, 7) is 0. The Hall–Kier alpha value is -2.42. The zero-order chi connectivity index (χ0) is 12.3. The van der Waals surface area contributed by atoms with Gasteiger partial charge in [-0.3, -0.25) is 4.79 Å². The van der Waals surface area contributed by atoms with Gasteiger partial charge in [-0.05, 0) is 17.2 Å². The Bertz CT molecular complexity index is 556. The lowest BCUT2D eigenvalue weighted by molar-refractivity contribution is 0.0697. The number of carbonyl (C=O) groups excluding carboxylic acids is 1. The summed E-state index contributed by atoms with van der Waals surface area (Å²) in [6, 6.07) is 13.6. The summed E-state index contributed by atoms with van der Waals surface area (Å²) < 4.78 is 0. The van der Waals surface area contributed by atoms with Crippen LogP contribution < -0.4 is 0 Å². The summed E-state index contributed by atoms with van der Waals surface area (Å²) in [5, 5.41) is 9.07. The van der Waals surface area contributed by atoms with E-state index in [0.717, 1.165) is 11.8 Å². The average Bonchev–Trinajstić information content (AvgIpc) is 2.39. The van der Waals surface area contributed by atoms with Gasteiger partial charge in [0, 0.05) is 5.56 Å². The molecule has 0 bridgehead atoms. The van der Waals surface area contributed by atoms with Crippen LogP contribution in [0.2, 0.25) is 0 Å². The molecule has 0 amide bonds. The minimum atomic E-state index is -0.958. The third-order valence-corrected chi connectivity index (χ3v) is 2.52. The maximum atomic E-state index is 11.1. The lowest BCUT2D eigenvalue weighted by atomic mass is 9.99. The van der Waals surface area contributed by atoms with Crippen LogP contribution in [0.25, 0.3) is 11.1 Å². The highest BCUT2D eigenvalue weighted by Gasteiger charge is 2.10. The molecule has 3 heteroatoms. The topological polar surface area (TPSA) is 54.4 Å². The van der Waals surface area contributed by atoms with E-state index < -0.39 is 5.97 Å². The first kappa shape index (κ1) is 11.1. The molecule has 2 aromatic rings. The second-order valence-corrected chi connectivity index (χ2v) is 3.59. The summed E-state index contributed by atoms with van der Waals surface area (Å²) in [7, 11) is 0. The average molecular weight is 226 g/mol. The number of aldehydes is 1. The molecule has 0 atom stereocenters. The van der Waals surface area contributed by atoms with E-state index in [0.29, 0.717) is 11.1 Å². The molecule has 0 saturated carbocycles. The van der Waals surface area contributed by atoms with Crippen LogP contribution in [0, 0.1) is 0 Å². The fourth-order valence-electron chi connectivity index (χ4n) is 1.66. The highest BCUT2D eigenvalue weighted by molar-refractivity contribution is 5.96. The number of hydrogen-bond donors (Lipinski definition) is 1. The molecule has 0 spiro atoms. The molecule has 0 saturated heterocycles. The Kier molecular flexibility index (Phi) is 3.01. The van der Waals surface area contributed by atoms with Crippen LogP contribution in [-0.2, 0) is 0 Å². The molecule has 0 aliphatic carbocycles. The molecular weight excluding hydrogens is 216 g/mol. The maximum Gasteiger partial charge on any atom is 0.336 e. The van der Waals surface area contributed by atoms with Crippen LogP contribution in [0.4, 0.5) is 0 Å². The van der Waals surface area contributed by atoms with Crippen molar-refractivity contribution in [1.29, 1.82) is 0 Å².